The normalized spacial score (nSPS) is 10.8. The Labute approximate surface area is 173 Å². The summed E-state index contributed by atoms with van der Waals surface area (Å²) in [4.78, 5) is 31.1. The molecule has 7 nitrogen and oxygen atoms in total. The number of carbonyl (C=O) groups is 2. The predicted molar refractivity (Wildman–Crippen MR) is 113 cm³/mol. The van der Waals surface area contributed by atoms with Crippen molar-refractivity contribution in [3.63, 3.8) is 0 Å². The van der Waals surface area contributed by atoms with Gasteiger partial charge in [0.15, 0.2) is 11.7 Å². The summed E-state index contributed by atoms with van der Waals surface area (Å²) in [7, 11) is 1.32. The van der Waals surface area contributed by atoms with Crippen LogP contribution in [0.4, 0.5) is 5.13 Å². The molecule has 1 amide bonds. The minimum absolute atomic E-state index is 0.102. The zero-order valence-electron chi connectivity index (χ0n) is 16.7. The summed E-state index contributed by atoms with van der Waals surface area (Å²) in [5.41, 5.74) is 3.87. The summed E-state index contributed by atoms with van der Waals surface area (Å²) in [6.45, 7) is 6.05. The Hall–Kier alpha value is -3.13. The van der Waals surface area contributed by atoms with Crippen LogP contribution in [0.3, 0.4) is 0 Å². The van der Waals surface area contributed by atoms with E-state index in [1.807, 2.05) is 25.1 Å². The Balaban J connectivity index is 1.62. The molecule has 0 saturated carbocycles. The molecule has 0 spiro atoms. The second-order valence-corrected chi connectivity index (χ2v) is 7.72. The Bertz CT molecular complexity index is 1020. The molecule has 2 aromatic heterocycles. The highest BCUT2D eigenvalue weighted by atomic mass is 32.1. The lowest BCUT2D eigenvalue weighted by molar-refractivity contribution is -0.118. The third kappa shape index (κ3) is 5.03. The first-order chi connectivity index (χ1) is 13.9. The van der Waals surface area contributed by atoms with E-state index in [9.17, 15) is 9.59 Å². The minimum atomic E-state index is -0.450. The number of rotatable bonds is 7. The number of hydrogen-bond donors (Lipinski definition) is 2. The van der Waals surface area contributed by atoms with Gasteiger partial charge in [0.25, 0.3) is 5.91 Å². The lowest BCUT2D eigenvalue weighted by atomic mass is 10.0. The fraction of sp³-hybridized carbons (Fsp3) is 0.286. The molecule has 1 aromatic carbocycles. The molecular weight excluding hydrogens is 390 g/mol. The van der Waals surface area contributed by atoms with Gasteiger partial charge in [-0.15, -0.1) is 11.3 Å². The van der Waals surface area contributed by atoms with Crippen molar-refractivity contribution in [2.75, 3.05) is 19.0 Å². The first-order valence-electron chi connectivity index (χ1n) is 9.13. The predicted octanol–water partition coefficient (Wildman–Crippen LogP) is 4.37. The van der Waals surface area contributed by atoms with E-state index in [1.165, 1.54) is 18.4 Å². The topological polar surface area (TPSA) is 93.3 Å². The molecule has 3 rings (SSSR count). The van der Waals surface area contributed by atoms with Crippen LogP contribution >= 0.6 is 11.3 Å². The molecule has 2 N–H and O–H groups in total. The van der Waals surface area contributed by atoms with Crippen molar-refractivity contribution in [2.45, 2.75) is 26.7 Å². The Morgan fingerprint density at radius 1 is 1.28 bits per heavy atom. The Morgan fingerprint density at radius 2 is 2.07 bits per heavy atom. The van der Waals surface area contributed by atoms with Crippen LogP contribution < -0.4 is 10.1 Å². The quantitative estimate of drug-likeness (QED) is 0.561. The number of carbonyl (C=O) groups excluding carboxylic acids is 2. The van der Waals surface area contributed by atoms with Crippen LogP contribution in [0.2, 0.25) is 0 Å². The number of benzene rings is 1. The molecule has 0 bridgehead atoms. The number of nitrogens with zero attached hydrogens (tertiary/aromatic N) is 1. The van der Waals surface area contributed by atoms with Crippen molar-refractivity contribution in [1.82, 2.24) is 9.97 Å². The zero-order chi connectivity index (χ0) is 21.0. The molecule has 0 fully saturated rings. The number of nitrogens with one attached hydrogen (secondary N) is 2. The van der Waals surface area contributed by atoms with Crippen LogP contribution in [0.1, 0.15) is 41.4 Å². The summed E-state index contributed by atoms with van der Waals surface area (Å²) >= 11 is 1.30. The Kier molecular flexibility index (Phi) is 6.33. The number of ether oxygens (including phenoxy) is 2. The maximum Gasteiger partial charge on any atom is 0.354 e. The molecular formula is C21H23N3O4S. The molecule has 0 aliphatic heterocycles. The van der Waals surface area contributed by atoms with Gasteiger partial charge in [-0.05, 0) is 36.1 Å². The van der Waals surface area contributed by atoms with Gasteiger partial charge in [0.1, 0.15) is 11.4 Å². The van der Waals surface area contributed by atoms with E-state index in [0.29, 0.717) is 22.4 Å². The van der Waals surface area contributed by atoms with Crippen molar-refractivity contribution in [3.05, 3.63) is 52.7 Å². The molecule has 0 saturated heterocycles. The van der Waals surface area contributed by atoms with Crippen LogP contribution in [-0.4, -0.2) is 35.6 Å². The lowest BCUT2D eigenvalue weighted by Gasteiger charge is -2.14. The number of aromatic amines is 1. The smallest absolute Gasteiger partial charge is 0.354 e. The number of hydrogen-bond acceptors (Lipinski definition) is 6. The van der Waals surface area contributed by atoms with Gasteiger partial charge >= 0.3 is 5.97 Å². The lowest BCUT2D eigenvalue weighted by Crippen LogP contribution is -2.20. The molecule has 0 aliphatic carbocycles. The maximum absolute atomic E-state index is 12.3. The van der Waals surface area contributed by atoms with E-state index in [-0.39, 0.29) is 12.5 Å². The highest BCUT2D eigenvalue weighted by Gasteiger charge is 2.14. The number of H-pyrrole nitrogens is 1. The van der Waals surface area contributed by atoms with Crippen molar-refractivity contribution in [3.8, 4) is 17.0 Å². The highest BCUT2D eigenvalue weighted by Crippen LogP contribution is 2.28. The molecule has 29 heavy (non-hydrogen) atoms. The van der Waals surface area contributed by atoms with Gasteiger partial charge in [-0.1, -0.05) is 26.0 Å². The average molecular weight is 413 g/mol. The number of anilines is 1. The average Bonchev–Trinajstić information content (AvgIpc) is 3.35. The van der Waals surface area contributed by atoms with Crippen LogP contribution in [0.25, 0.3) is 11.3 Å². The first-order valence-corrected chi connectivity index (χ1v) is 10.0. The molecule has 0 atom stereocenters. The third-order valence-corrected chi connectivity index (χ3v) is 5.04. The fourth-order valence-electron chi connectivity index (χ4n) is 2.78. The summed E-state index contributed by atoms with van der Waals surface area (Å²) in [6, 6.07) is 7.65. The first kappa shape index (κ1) is 20.6. The monoisotopic (exact) mass is 413 g/mol. The van der Waals surface area contributed by atoms with Crippen LogP contribution in [0.5, 0.6) is 5.75 Å². The van der Waals surface area contributed by atoms with E-state index in [4.69, 9.17) is 4.74 Å². The van der Waals surface area contributed by atoms with Crippen molar-refractivity contribution >= 4 is 28.3 Å². The second kappa shape index (κ2) is 8.91. The number of thiazole rings is 1. The molecule has 0 radical (unpaired) electrons. The van der Waals surface area contributed by atoms with Gasteiger partial charge in [-0.25, -0.2) is 9.78 Å². The third-order valence-electron chi connectivity index (χ3n) is 4.28. The SMILES string of the molecule is COC(=O)c1cc(-c2csc(NC(=O)COc3cc(C)ccc3C(C)C)n2)c[nH]1. The number of amides is 1. The zero-order valence-corrected chi connectivity index (χ0v) is 17.6. The van der Waals surface area contributed by atoms with E-state index in [0.717, 1.165) is 22.4 Å². The van der Waals surface area contributed by atoms with Crippen molar-refractivity contribution in [2.24, 2.45) is 0 Å². The van der Waals surface area contributed by atoms with Crippen LogP contribution in [-0.2, 0) is 9.53 Å². The molecule has 3 aromatic rings. The largest absolute Gasteiger partial charge is 0.483 e. The van der Waals surface area contributed by atoms with E-state index >= 15 is 0 Å². The van der Waals surface area contributed by atoms with Gasteiger partial charge in [-0.2, -0.15) is 0 Å². The number of aryl methyl sites for hydroxylation is 1. The highest BCUT2D eigenvalue weighted by molar-refractivity contribution is 7.14. The van der Waals surface area contributed by atoms with Crippen LogP contribution in [0.15, 0.2) is 35.8 Å². The maximum atomic E-state index is 12.3. The number of methoxy groups -OCH3 is 1. The number of aromatic nitrogens is 2. The van der Waals surface area contributed by atoms with Gasteiger partial charge in [-0.3, -0.25) is 10.1 Å². The number of esters is 1. The Morgan fingerprint density at radius 3 is 2.79 bits per heavy atom. The summed E-state index contributed by atoms with van der Waals surface area (Å²) < 4.78 is 10.4. The summed E-state index contributed by atoms with van der Waals surface area (Å²) in [6.07, 6.45) is 1.67. The van der Waals surface area contributed by atoms with E-state index in [1.54, 1.807) is 17.6 Å². The van der Waals surface area contributed by atoms with Crippen LogP contribution in [0, 0.1) is 6.92 Å². The molecule has 0 unspecified atom stereocenters. The molecule has 8 heteroatoms. The molecule has 0 aliphatic rings. The van der Waals surface area contributed by atoms with Gasteiger partial charge < -0.3 is 14.5 Å². The second-order valence-electron chi connectivity index (χ2n) is 6.86. The standard InChI is InChI=1S/C21H23N3O4S/c1-12(2)15-6-5-13(3)7-18(15)28-10-19(25)24-21-23-17(11-29-21)14-8-16(22-9-14)20(26)27-4/h5-9,11-12,22H,10H2,1-4H3,(H,23,24,25). The van der Waals surface area contributed by atoms with E-state index < -0.39 is 5.97 Å². The molecule has 2 heterocycles. The van der Waals surface area contributed by atoms with Gasteiger partial charge in [0.2, 0.25) is 0 Å². The van der Waals surface area contributed by atoms with Crippen molar-refractivity contribution < 1.29 is 19.1 Å². The fourth-order valence-corrected chi connectivity index (χ4v) is 3.51. The van der Waals surface area contributed by atoms with Gasteiger partial charge in [0.05, 0.1) is 12.8 Å². The molecule has 152 valence electrons. The summed E-state index contributed by atoms with van der Waals surface area (Å²) in [5, 5.41) is 5.01. The van der Waals surface area contributed by atoms with E-state index in [2.05, 4.69) is 33.9 Å². The van der Waals surface area contributed by atoms with Crippen molar-refractivity contribution in [1.29, 1.82) is 0 Å². The van der Waals surface area contributed by atoms with Gasteiger partial charge in [0, 0.05) is 17.1 Å². The minimum Gasteiger partial charge on any atom is -0.483 e. The summed E-state index contributed by atoms with van der Waals surface area (Å²) in [5.74, 6) is 0.282.